The highest BCUT2D eigenvalue weighted by atomic mass is 15.2. The van der Waals surface area contributed by atoms with Gasteiger partial charge in [0.05, 0.1) is 5.69 Å². The summed E-state index contributed by atoms with van der Waals surface area (Å²) in [6, 6.07) is 9.01. The Morgan fingerprint density at radius 2 is 1.94 bits per heavy atom. The molecule has 0 amide bonds. The van der Waals surface area contributed by atoms with Gasteiger partial charge in [0.1, 0.15) is 0 Å². The SMILES string of the molecule is Cc1nn(C)cc1-c1ccccc1CNC(C)C. The molecular weight excluding hydrogens is 222 g/mol. The van der Waals surface area contributed by atoms with E-state index in [0.717, 1.165) is 12.2 Å². The molecule has 3 nitrogen and oxygen atoms in total. The first-order valence-electron chi connectivity index (χ1n) is 6.40. The Labute approximate surface area is 109 Å². The summed E-state index contributed by atoms with van der Waals surface area (Å²) in [6.45, 7) is 7.28. The van der Waals surface area contributed by atoms with E-state index < -0.39 is 0 Å². The third kappa shape index (κ3) is 2.79. The third-order valence-corrected chi connectivity index (χ3v) is 3.02. The second-order valence-electron chi connectivity index (χ2n) is 4.99. The van der Waals surface area contributed by atoms with Gasteiger partial charge in [-0.25, -0.2) is 0 Å². The minimum Gasteiger partial charge on any atom is -0.310 e. The fraction of sp³-hybridized carbons (Fsp3) is 0.400. The molecule has 0 unspecified atom stereocenters. The van der Waals surface area contributed by atoms with E-state index in [4.69, 9.17) is 0 Å². The normalized spacial score (nSPS) is 11.2. The van der Waals surface area contributed by atoms with Crippen molar-refractivity contribution < 1.29 is 0 Å². The van der Waals surface area contributed by atoms with Crippen molar-refractivity contribution >= 4 is 0 Å². The zero-order chi connectivity index (χ0) is 13.1. The molecule has 96 valence electrons. The van der Waals surface area contributed by atoms with Gasteiger partial charge in [-0.15, -0.1) is 0 Å². The van der Waals surface area contributed by atoms with Gasteiger partial charge in [-0.3, -0.25) is 4.68 Å². The van der Waals surface area contributed by atoms with E-state index in [-0.39, 0.29) is 0 Å². The lowest BCUT2D eigenvalue weighted by Crippen LogP contribution is -2.22. The van der Waals surface area contributed by atoms with Gasteiger partial charge in [0.25, 0.3) is 0 Å². The van der Waals surface area contributed by atoms with E-state index in [1.807, 2.05) is 11.7 Å². The number of rotatable bonds is 4. The fourth-order valence-electron chi connectivity index (χ4n) is 2.12. The summed E-state index contributed by atoms with van der Waals surface area (Å²) < 4.78 is 1.87. The molecule has 0 aliphatic carbocycles. The average molecular weight is 243 g/mol. The summed E-state index contributed by atoms with van der Waals surface area (Å²) in [7, 11) is 1.96. The predicted molar refractivity (Wildman–Crippen MR) is 75.4 cm³/mol. The van der Waals surface area contributed by atoms with Gasteiger partial charge in [-0.05, 0) is 18.1 Å². The molecule has 1 N–H and O–H groups in total. The van der Waals surface area contributed by atoms with Crippen LogP contribution in [0.1, 0.15) is 25.1 Å². The van der Waals surface area contributed by atoms with Gasteiger partial charge in [-0.2, -0.15) is 5.10 Å². The number of aryl methyl sites for hydroxylation is 2. The topological polar surface area (TPSA) is 29.9 Å². The highest BCUT2D eigenvalue weighted by Gasteiger charge is 2.10. The zero-order valence-electron chi connectivity index (χ0n) is 11.6. The van der Waals surface area contributed by atoms with Gasteiger partial charge in [-0.1, -0.05) is 38.1 Å². The number of nitrogens with one attached hydrogen (secondary N) is 1. The van der Waals surface area contributed by atoms with E-state index >= 15 is 0 Å². The Kier molecular flexibility index (Phi) is 3.82. The summed E-state index contributed by atoms with van der Waals surface area (Å²) in [5.74, 6) is 0. The molecule has 0 aliphatic rings. The van der Waals surface area contributed by atoms with Gasteiger partial charge in [0.2, 0.25) is 0 Å². The van der Waals surface area contributed by atoms with Crippen molar-refractivity contribution in [2.24, 2.45) is 7.05 Å². The maximum absolute atomic E-state index is 4.42. The van der Waals surface area contributed by atoms with E-state index in [9.17, 15) is 0 Å². The molecule has 1 aromatic heterocycles. The first kappa shape index (κ1) is 12.8. The van der Waals surface area contributed by atoms with E-state index in [0.29, 0.717) is 6.04 Å². The van der Waals surface area contributed by atoms with Crippen LogP contribution in [-0.2, 0) is 13.6 Å². The highest BCUT2D eigenvalue weighted by Crippen LogP contribution is 2.26. The maximum atomic E-state index is 4.42. The Balaban J connectivity index is 2.35. The minimum atomic E-state index is 0.494. The number of hydrogen-bond acceptors (Lipinski definition) is 2. The summed E-state index contributed by atoms with van der Waals surface area (Å²) in [4.78, 5) is 0. The lowest BCUT2D eigenvalue weighted by molar-refractivity contribution is 0.589. The smallest absolute Gasteiger partial charge is 0.0672 e. The van der Waals surface area contributed by atoms with Gasteiger partial charge >= 0.3 is 0 Å². The summed E-state index contributed by atoms with van der Waals surface area (Å²) in [6.07, 6.45) is 2.09. The molecule has 0 aliphatic heterocycles. The molecule has 0 atom stereocenters. The van der Waals surface area contributed by atoms with Crippen LogP contribution in [0.5, 0.6) is 0 Å². The maximum Gasteiger partial charge on any atom is 0.0672 e. The Morgan fingerprint density at radius 3 is 2.56 bits per heavy atom. The first-order chi connectivity index (χ1) is 8.58. The van der Waals surface area contributed by atoms with Crippen LogP contribution in [-0.4, -0.2) is 15.8 Å². The molecule has 0 bridgehead atoms. The van der Waals surface area contributed by atoms with Crippen LogP contribution in [0, 0.1) is 6.92 Å². The predicted octanol–water partition coefficient (Wildman–Crippen LogP) is 2.89. The van der Waals surface area contributed by atoms with Crippen LogP contribution >= 0.6 is 0 Å². The molecule has 2 aromatic rings. The quantitative estimate of drug-likeness (QED) is 0.895. The molecule has 3 heteroatoms. The van der Waals surface area contributed by atoms with Crippen molar-refractivity contribution in [2.45, 2.75) is 33.4 Å². The van der Waals surface area contributed by atoms with Crippen molar-refractivity contribution in [3.63, 3.8) is 0 Å². The molecule has 0 saturated carbocycles. The van der Waals surface area contributed by atoms with Crippen LogP contribution in [0.3, 0.4) is 0 Å². The monoisotopic (exact) mass is 243 g/mol. The standard InChI is InChI=1S/C15H21N3/c1-11(2)16-9-13-7-5-6-8-14(13)15-10-18(4)17-12(15)3/h5-8,10-11,16H,9H2,1-4H3. The van der Waals surface area contributed by atoms with Crippen molar-refractivity contribution in [2.75, 3.05) is 0 Å². The molecular formula is C15H21N3. The fourth-order valence-corrected chi connectivity index (χ4v) is 2.12. The van der Waals surface area contributed by atoms with Crippen molar-refractivity contribution in [3.05, 3.63) is 41.7 Å². The first-order valence-corrected chi connectivity index (χ1v) is 6.40. The number of aromatic nitrogens is 2. The van der Waals surface area contributed by atoms with Gasteiger partial charge in [0, 0.05) is 31.4 Å². The van der Waals surface area contributed by atoms with Gasteiger partial charge < -0.3 is 5.32 Å². The Bertz CT molecular complexity index is 526. The zero-order valence-corrected chi connectivity index (χ0v) is 11.6. The molecule has 1 aromatic carbocycles. The van der Waals surface area contributed by atoms with E-state index in [1.54, 1.807) is 0 Å². The lowest BCUT2D eigenvalue weighted by atomic mass is 10.0. The average Bonchev–Trinajstić information content (AvgIpc) is 2.66. The van der Waals surface area contributed by atoms with E-state index in [2.05, 4.69) is 61.6 Å². The highest BCUT2D eigenvalue weighted by molar-refractivity contribution is 5.68. The number of hydrogen-bond donors (Lipinski definition) is 1. The van der Waals surface area contributed by atoms with Crippen LogP contribution in [0.2, 0.25) is 0 Å². The molecule has 2 rings (SSSR count). The molecule has 1 heterocycles. The van der Waals surface area contributed by atoms with Crippen molar-refractivity contribution in [1.29, 1.82) is 0 Å². The largest absolute Gasteiger partial charge is 0.310 e. The minimum absolute atomic E-state index is 0.494. The summed E-state index contributed by atoms with van der Waals surface area (Å²) in [5.41, 5.74) is 4.90. The lowest BCUT2D eigenvalue weighted by Gasteiger charge is -2.12. The van der Waals surface area contributed by atoms with Crippen LogP contribution in [0.25, 0.3) is 11.1 Å². The number of benzene rings is 1. The molecule has 0 saturated heterocycles. The molecule has 0 radical (unpaired) electrons. The van der Waals surface area contributed by atoms with E-state index in [1.165, 1.54) is 16.7 Å². The van der Waals surface area contributed by atoms with Crippen LogP contribution in [0.15, 0.2) is 30.5 Å². The second-order valence-corrected chi connectivity index (χ2v) is 4.99. The molecule has 0 spiro atoms. The van der Waals surface area contributed by atoms with Crippen molar-refractivity contribution in [3.8, 4) is 11.1 Å². The molecule has 18 heavy (non-hydrogen) atoms. The van der Waals surface area contributed by atoms with Crippen molar-refractivity contribution in [1.82, 2.24) is 15.1 Å². The second kappa shape index (κ2) is 5.36. The summed E-state index contributed by atoms with van der Waals surface area (Å²) >= 11 is 0. The third-order valence-electron chi connectivity index (χ3n) is 3.02. The van der Waals surface area contributed by atoms with Crippen LogP contribution in [0.4, 0.5) is 0 Å². The molecule has 0 fully saturated rings. The number of nitrogens with zero attached hydrogens (tertiary/aromatic N) is 2. The Morgan fingerprint density at radius 1 is 1.22 bits per heavy atom. The van der Waals surface area contributed by atoms with Gasteiger partial charge in [0.15, 0.2) is 0 Å². The van der Waals surface area contributed by atoms with Crippen LogP contribution < -0.4 is 5.32 Å². The Hall–Kier alpha value is -1.61. The summed E-state index contributed by atoms with van der Waals surface area (Å²) in [5, 5.41) is 7.89.